The van der Waals surface area contributed by atoms with Crippen molar-refractivity contribution in [1.82, 2.24) is 10.6 Å². The largest absolute Gasteiger partial charge is 0.383 e. The molecule has 0 unspecified atom stereocenters. The van der Waals surface area contributed by atoms with E-state index in [2.05, 4.69) is 16.0 Å². The molecule has 132 valence electrons. The Labute approximate surface area is 146 Å². The number of nitrogens with one attached hydrogen (secondary N) is 3. The van der Waals surface area contributed by atoms with Gasteiger partial charge in [0.2, 0.25) is 5.91 Å². The van der Waals surface area contributed by atoms with Gasteiger partial charge < -0.3 is 16.0 Å². The summed E-state index contributed by atoms with van der Waals surface area (Å²) in [4.78, 5) is 22.0. The number of nitrogens with zero attached hydrogens (tertiary/aromatic N) is 1. The second kappa shape index (κ2) is 9.39. The molecule has 0 aromatic heterocycles. The Bertz CT molecular complexity index is 689. The molecule has 0 aliphatic carbocycles. The molecule has 0 heterocycles. The molecule has 0 spiro atoms. The van der Waals surface area contributed by atoms with E-state index < -0.39 is 4.92 Å². The third-order valence-corrected chi connectivity index (χ3v) is 3.72. The van der Waals surface area contributed by atoms with E-state index >= 15 is 0 Å². The Kier molecular flexibility index (Phi) is 6.91. The van der Waals surface area contributed by atoms with Crippen molar-refractivity contribution >= 4 is 17.3 Å². The van der Waals surface area contributed by atoms with E-state index in [9.17, 15) is 14.9 Å². The van der Waals surface area contributed by atoms with Crippen LogP contribution in [0.2, 0.25) is 0 Å². The number of non-ortho nitro benzene ring substituents is 1. The molecule has 0 aliphatic rings. The maximum atomic E-state index is 11.8. The van der Waals surface area contributed by atoms with Crippen molar-refractivity contribution in [1.29, 1.82) is 0 Å². The summed E-state index contributed by atoms with van der Waals surface area (Å²) in [6, 6.07) is 16.2. The molecule has 0 fully saturated rings. The molecule has 3 N–H and O–H groups in total. The second-order valence-electron chi connectivity index (χ2n) is 5.59. The van der Waals surface area contributed by atoms with Crippen LogP contribution in [0.3, 0.4) is 0 Å². The number of anilines is 1. The number of hydrogen-bond acceptors (Lipinski definition) is 5. The molecule has 7 nitrogen and oxygen atoms in total. The number of nitro groups is 1. The lowest BCUT2D eigenvalue weighted by Gasteiger charge is -2.14. The maximum Gasteiger partial charge on any atom is 0.269 e. The van der Waals surface area contributed by atoms with Crippen LogP contribution >= 0.6 is 0 Å². The highest BCUT2D eigenvalue weighted by atomic mass is 16.6. The number of amides is 1. The van der Waals surface area contributed by atoms with E-state index in [1.54, 1.807) is 12.1 Å². The van der Waals surface area contributed by atoms with Gasteiger partial charge in [-0.15, -0.1) is 0 Å². The van der Waals surface area contributed by atoms with E-state index in [0.717, 1.165) is 11.3 Å². The van der Waals surface area contributed by atoms with Gasteiger partial charge in [-0.2, -0.15) is 0 Å². The van der Waals surface area contributed by atoms with Crippen LogP contribution in [-0.4, -0.2) is 30.5 Å². The molecule has 2 rings (SSSR count). The zero-order chi connectivity index (χ0) is 18.1. The number of benzene rings is 2. The average Bonchev–Trinajstić information content (AvgIpc) is 2.64. The van der Waals surface area contributed by atoms with E-state index in [0.29, 0.717) is 13.1 Å². The van der Waals surface area contributed by atoms with Gasteiger partial charge in [0.15, 0.2) is 0 Å². The first-order chi connectivity index (χ1) is 12.1. The Morgan fingerprint density at radius 1 is 1.08 bits per heavy atom. The first-order valence-corrected chi connectivity index (χ1v) is 8.09. The minimum atomic E-state index is -0.437. The smallest absolute Gasteiger partial charge is 0.269 e. The number of carbonyl (C=O) groups is 1. The average molecular weight is 342 g/mol. The van der Waals surface area contributed by atoms with Crippen molar-refractivity contribution in [3.05, 3.63) is 70.3 Å². The Hall–Kier alpha value is -2.93. The van der Waals surface area contributed by atoms with Crippen LogP contribution in [0.1, 0.15) is 18.5 Å². The summed E-state index contributed by atoms with van der Waals surface area (Å²) < 4.78 is 0. The van der Waals surface area contributed by atoms with Crippen molar-refractivity contribution in [3.8, 4) is 0 Å². The molecule has 0 saturated carbocycles. The van der Waals surface area contributed by atoms with Crippen molar-refractivity contribution in [3.63, 3.8) is 0 Å². The number of hydrogen-bond donors (Lipinski definition) is 3. The summed E-state index contributed by atoms with van der Waals surface area (Å²) in [6.07, 6.45) is 0. The van der Waals surface area contributed by atoms with Crippen LogP contribution in [0, 0.1) is 10.1 Å². The lowest BCUT2D eigenvalue weighted by molar-refractivity contribution is -0.384. The highest BCUT2D eigenvalue weighted by Gasteiger charge is 2.07. The third kappa shape index (κ3) is 6.23. The van der Waals surface area contributed by atoms with E-state index in [-0.39, 0.29) is 24.2 Å². The molecule has 2 aromatic rings. The van der Waals surface area contributed by atoms with Gasteiger partial charge in [0.1, 0.15) is 0 Å². The van der Waals surface area contributed by atoms with Gasteiger partial charge in [-0.3, -0.25) is 14.9 Å². The van der Waals surface area contributed by atoms with Crippen LogP contribution in [0.4, 0.5) is 11.4 Å². The van der Waals surface area contributed by atoms with E-state index in [4.69, 9.17) is 0 Å². The molecule has 1 atom stereocenters. The summed E-state index contributed by atoms with van der Waals surface area (Å²) in [5, 5.41) is 19.7. The topological polar surface area (TPSA) is 96.3 Å². The number of nitro benzene ring substituents is 1. The fourth-order valence-electron chi connectivity index (χ4n) is 2.28. The first-order valence-electron chi connectivity index (χ1n) is 8.09. The monoisotopic (exact) mass is 342 g/mol. The Balaban J connectivity index is 1.63. The quantitative estimate of drug-likeness (QED) is 0.370. The molecule has 0 bridgehead atoms. The van der Waals surface area contributed by atoms with Crippen LogP contribution in [0.15, 0.2) is 54.6 Å². The van der Waals surface area contributed by atoms with E-state index in [1.807, 2.05) is 37.3 Å². The highest BCUT2D eigenvalue weighted by molar-refractivity contribution is 5.78. The molecular weight excluding hydrogens is 320 g/mol. The fourth-order valence-corrected chi connectivity index (χ4v) is 2.28. The highest BCUT2D eigenvalue weighted by Crippen LogP contribution is 2.14. The van der Waals surface area contributed by atoms with Gasteiger partial charge >= 0.3 is 0 Å². The second-order valence-corrected chi connectivity index (χ2v) is 5.59. The van der Waals surface area contributed by atoms with Gasteiger partial charge in [0.05, 0.1) is 11.5 Å². The summed E-state index contributed by atoms with van der Waals surface area (Å²) >= 11 is 0. The van der Waals surface area contributed by atoms with Crippen molar-refractivity contribution in [2.45, 2.75) is 13.0 Å². The zero-order valence-electron chi connectivity index (χ0n) is 14.1. The molecule has 0 saturated heterocycles. The fraction of sp³-hybridized carbons (Fsp3) is 0.278. The minimum Gasteiger partial charge on any atom is -0.383 e. The van der Waals surface area contributed by atoms with Crippen LogP contribution < -0.4 is 16.0 Å². The van der Waals surface area contributed by atoms with Gasteiger partial charge in [-0.05, 0) is 24.6 Å². The first kappa shape index (κ1) is 18.4. The zero-order valence-corrected chi connectivity index (χ0v) is 14.1. The van der Waals surface area contributed by atoms with Crippen molar-refractivity contribution in [2.24, 2.45) is 0 Å². The third-order valence-electron chi connectivity index (χ3n) is 3.72. The Morgan fingerprint density at radius 2 is 1.76 bits per heavy atom. The van der Waals surface area contributed by atoms with E-state index in [1.165, 1.54) is 12.1 Å². The normalized spacial score (nSPS) is 11.6. The summed E-state index contributed by atoms with van der Waals surface area (Å²) in [5.74, 6) is -0.0757. The van der Waals surface area contributed by atoms with Crippen LogP contribution in [0.25, 0.3) is 0 Å². The van der Waals surface area contributed by atoms with Gasteiger partial charge in [0, 0.05) is 37.0 Å². The minimum absolute atomic E-state index is 0.0532. The van der Waals surface area contributed by atoms with Gasteiger partial charge in [-0.1, -0.05) is 30.3 Å². The molecule has 0 radical (unpaired) electrons. The standard InChI is InChI=1S/C18H22N4O3/c1-14(15-5-3-2-4-6-15)21-13-18(23)20-12-11-19-16-7-9-17(10-8-16)22(24)25/h2-10,14,19,21H,11-13H2,1H3,(H,20,23)/t14-/m0/s1. The summed E-state index contributed by atoms with van der Waals surface area (Å²) in [6.45, 7) is 3.27. The van der Waals surface area contributed by atoms with Crippen LogP contribution in [-0.2, 0) is 4.79 Å². The van der Waals surface area contributed by atoms with Crippen molar-refractivity contribution in [2.75, 3.05) is 25.0 Å². The lowest BCUT2D eigenvalue weighted by atomic mass is 10.1. The van der Waals surface area contributed by atoms with Crippen molar-refractivity contribution < 1.29 is 9.72 Å². The Morgan fingerprint density at radius 3 is 2.40 bits per heavy atom. The lowest BCUT2D eigenvalue weighted by Crippen LogP contribution is -2.37. The predicted molar refractivity (Wildman–Crippen MR) is 97.5 cm³/mol. The van der Waals surface area contributed by atoms with Crippen LogP contribution in [0.5, 0.6) is 0 Å². The molecule has 1 amide bonds. The predicted octanol–water partition coefficient (Wildman–Crippen LogP) is 2.47. The van der Waals surface area contributed by atoms with Gasteiger partial charge in [-0.25, -0.2) is 0 Å². The SMILES string of the molecule is C[C@H](NCC(=O)NCCNc1ccc([N+](=O)[O-])cc1)c1ccccc1. The molecule has 25 heavy (non-hydrogen) atoms. The molecule has 0 aliphatic heterocycles. The summed E-state index contributed by atoms with van der Waals surface area (Å²) in [7, 11) is 0. The van der Waals surface area contributed by atoms with Gasteiger partial charge in [0.25, 0.3) is 5.69 Å². The number of carbonyl (C=O) groups excluding carboxylic acids is 1. The molecule has 7 heteroatoms. The number of rotatable bonds is 9. The summed E-state index contributed by atoms with van der Waals surface area (Å²) in [5.41, 5.74) is 1.96. The maximum absolute atomic E-state index is 11.8. The molecular formula is C18H22N4O3. The molecule has 2 aromatic carbocycles.